The van der Waals surface area contributed by atoms with Crippen LogP contribution < -0.4 is 0 Å². The first-order valence-electron chi connectivity index (χ1n) is 6.99. The molecular formula is C14H25NO3. The molecule has 1 N–H and O–H groups in total. The molecule has 0 aromatic carbocycles. The predicted molar refractivity (Wildman–Crippen MR) is 69.1 cm³/mol. The average Bonchev–Trinajstić information content (AvgIpc) is 2.39. The lowest BCUT2D eigenvalue weighted by molar-refractivity contribution is -0.227. The summed E-state index contributed by atoms with van der Waals surface area (Å²) in [5.74, 6) is 0.0661. The number of hydrogen-bond acceptors (Lipinski definition) is 4. The van der Waals surface area contributed by atoms with Crippen molar-refractivity contribution in [3.63, 3.8) is 0 Å². The van der Waals surface area contributed by atoms with E-state index in [4.69, 9.17) is 4.74 Å². The second-order valence-corrected chi connectivity index (χ2v) is 6.34. The van der Waals surface area contributed by atoms with E-state index in [0.29, 0.717) is 18.4 Å². The summed E-state index contributed by atoms with van der Waals surface area (Å²) in [6, 6.07) is -0.514. The molecule has 104 valence electrons. The minimum absolute atomic E-state index is 0.0592. The highest BCUT2D eigenvalue weighted by atomic mass is 16.6. The highest BCUT2D eigenvalue weighted by Gasteiger charge is 2.54. The molecule has 4 atom stereocenters. The van der Waals surface area contributed by atoms with Crippen molar-refractivity contribution in [3.05, 3.63) is 0 Å². The Morgan fingerprint density at radius 2 is 2.28 bits per heavy atom. The summed E-state index contributed by atoms with van der Waals surface area (Å²) in [5, 5.41) is 10.7. The SMILES string of the molecule is CC(C)C[C@@H]1CCO[C@]2(O)[C@@H](C1)CN(C)[C@@H]2C=O. The van der Waals surface area contributed by atoms with E-state index in [2.05, 4.69) is 13.8 Å². The van der Waals surface area contributed by atoms with Gasteiger partial charge in [0.1, 0.15) is 12.3 Å². The van der Waals surface area contributed by atoms with Gasteiger partial charge >= 0.3 is 0 Å². The molecule has 0 spiro atoms. The van der Waals surface area contributed by atoms with Crippen molar-refractivity contribution in [1.82, 2.24) is 4.90 Å². The molecule has 0 radical (unpaired) electrons. The van der Waals surface area contributed by atoms with E-state index in [0.717, 1.165) is 25.7 Å². The Balaban J connectivity index is 2.12. The van der Waals surface area contributed by atoms with Crippen molar-refractivity contribution in [3.8, 4) is 0 Å². The lowest BCUT2D eigenvalue weighted by Gasteiger charge is -2.31. The number of aldehydes is 1. The number of likely N-dealkylation sites (tertiary alicyclic amines) is 1. The van der Waals surface area contributed by atoms with Crippen molar-refractivity contribution >= 4 is 6.29 Å². The van der Waals surface area contributed by atoms with Gasteiger partial charge in [0.25, 0.3) is 0 Å². The van der Waals surface area contributed by atoms with Crippen LogP contribution in [0, 0.1) is 17.8 Å². The molecule has 0 saturated carbocycles. The topological polar surface area (TPSA) is 49.8 Å². The summed E-state index contributed by atoms with van der Waals surface area (Å²) in [6.07, 6.45) is 3.95. The molecular weight excluding hydrogens is 230 g/mol. The minimum atomic E-state index is -1.26. The van der Waals surface area contributed by atoms with Crippen LogP contribution in [0.2, 0.25) is 0 Å². The monoisotopic (exact) mass is 255 g/mol. The first-order chi connectivity index (χ1) is 8.47. The van der Waals surface area contributed by atoms with Gasteiger partial charge in [0.15, 0.2) is 5.79 Å². The largest absolute Gasteiger partial charge is 0.364 e. The normalized spacial score (nSPS) is 41.7. The summed E-state index contributed by atoms with van der Waals surface area (Å²) in [7, 11) is 1.88. The van der Waals surface area contributed by atoms with Crippen molar-refractivity contribution < 1.29 is 14.6 Å². The van der Waals surface area contributed by atoms with Crippen LogP contribution in [0.4, 0.5) is 0 Å². The first kappa shape index (κ1) is 14.0. The van der Waals surface area contributed by atoms with Gasteiger partial charge in [0, 0.05) is 12.5 Å². The number of carbonyl (C=O) groups excluding carboxylic acids is 1. The lowest BCUT2D eigenvalue weighted by Crippen LogP contribution is -2.49. The van der Waals surface area contributed by atoms with E-state index in [-0.39, 0.29) is 5.92 Å². The van der Waals surface area contributed by atoms with Crippen LogP contribution in [0.1, 0.15) is 33.1 Å². The second-order valence-electron chi connectivity index (χ2n) is 6.34. The van der Waals surface area contributed by atoms with Gasteiger partial charge in [-0.1, -0.05) is 13.8 Å². The molecule has 0 aromatic heterocycles. The number of nitrogens with zero attached hydrogens (tertiary/aromatic N) is 1. The third-order valence-electron chi connectivity index (χ3n) is 4.40. The molecule has 2 aliphatic heterocycles. The lowest BCUT2D eigenvalue weighted by atomic mass is 9.84. The molecule has 2 rings (SSSR count). The Morgan fingerprint density at radius 3 is 2.89 bits per heavy atom. The third-order valence-corrected chi connectivity index (χ3v) is 4.40. The van der Waals surface area contributed by atoms with Gasteiger partial charge in [-0.3, -0.25) is 4.90 Å². The van der Waals surface area contributed by atoms with Crippen molar-refractivity contribution in [2.45, 2.75) is 44.9 Å². The molecule has 0 bridgehead atoms. The fraction of sp³-hybridized carbons (Fsp3) is 0.929. The zero-order valence-electron chi connectivity index (χ0n) is 11.6. The molecule has 2 aliphatic rings. The number of likely N-dealkylation sites (N-methyl/N-ethyl adjacent to an activating group) is 1. The smallest absolute Gasteiger partial charge is 0.192 e. The van der Waals surface area contributed by atoms with E-state index in [1.54, 1.807) is 0 Å². The fourth-order valence-corrected chi connectivity index (χ4v) is 3.59. The minimum Gasteiger partial charge on any atom is -0.364 e. The molecule has 18 heavy (non-hydrogen) atoms. The van der Waals surface area contributed by atoms with Gasteiger partial charge < -0.3 is 14.6 Å². The Kier molecular flexibility index (Phi) is 4.09. The molecule has 4 nitrogen and oxygen atoms in total. The van der Waals surface area contributed by atoms with E-state index < -0.39 is 11.8 Å². The van der Waals surface area contributed by atoms with Crippen LogP contribution in [0.5, 0.6) is 0 Å². The molecule has 4 heteroatoms. The molecule has 0 unspecified atom stereocenters. The van der Waals surface area contributed by atoms with E-state index in [9.17, 15) is 9.90 Å². The molecule has 2 fully saturated rings. The van der Waals surface area contributed by atoms with E-state index >= 15 is 0 Å². The number of rotatable bonds is 3. The van der Waals surface area contributed by atoms with Gasteiger partial charge in [-0.25, -0.2) is 0 Å². The second kappa shape index (κ2) is 5.27. The number of carbonyl (C=O) groups is 1. The first-order valence-corrected chi connectivity index (χ1v) is 6.99. The molecule has 2 heterocycles. The molecule has 0 amide bonds. The van der Waals surface area contributed by atoms with E-state index in [1.165, 1.54) is 6.42 Å². The zero-order valence-corrected chi connectivity index (χ0v) is 11.6. The maximum Gasteiger partial charge on any atom is 0.192 e. The van der Waals surface area contributed by atoms with Gasteiger partial charge in [-0.05, 0) is 38.1 Å². The number of ether oxygens (including phenoxy) is 1. The highest BCUT2D eigenvalue weighted by molar-refractivity contribution is 5.60. The van der Waals surface area contributed by atoms with Crippen LogP contribution in [-0.2, 0) is 9.53 Å². The summed E-state index contributed by atoms with van der Waals surface area (Å²) in [5.41, 5.74) is 0. The summed E-state index contributed by atoms with van der Waals surface area (Å²) < 4.78 is 5.68. The van der Waals surface area contributed by atoms with Crippen molar-refractivity contribution in [2.24, 2.45) is 17.8 Å². The summed E-state index contributed by atoms with van der Waals surface area (Å²) in [6.45, 7) is 5.76. The molecule has 0 aromatic rings. The molecule has 2 saturated heterocycles. The van der Waals surface area contributed by atoms with Crippen LogP contribution in [0.3, 0.4) is 0 Å². The Bertz CT molecular complexity index is 307. The van der Waals surface area contributed by atoms with Crippen LogP contribution in [-0.4, -0.2) is 48.3 Å². The predicted octanol–water partition coefficient (Wildman–Crippen LogP) is 1.28. The summed E-state index contributed by atoms with van der Waals surface area (Å²) >= 11 is 0. The maximum atomic E-state index is 11.2. The fourth-order valence-electron chi connectivity index (χ4n) is 3.59. The van der Waals surface area contributed by atoms with Gasteiger partial charge in [0.05, 0.1) is 6.61 Å². The number of hydrogen-bond donors (Lipinski definition) is 1. The Hall–Kier alpha value is -0.450. The van der Waals surface area contributed by atoms with Gasteiger partial charge in [-0.15, -0.1) is 0 Å². The summed E-state index contributed by atoms with van der Waals surface area (Å²) in [4.78, 5) is 13.1. The van der Waals surface area contributed by atoms with Crippen LogP contribution >= 0.6 is 0 Å². The van der Waals surface area contributed by atoms with Crippen LogP contribution in [0.15, 0.2) is 0 Å². The van der Waals surface area contributed by atoms with E-state index in [1.807, 2.05) is 11.9 Å². The van der Waals surface area contributed by atoms with Crippen LogP contribution in [0.25, 0.3) is 0 Å². The maximum absolute atomic E-state index is 11.2. The number of fused-ring (bicyclic) bond motifs is 1. The Labute approximate surface area is 109 Å². The zero-order chi connectivity index (χ0) is 13.3. The van der Waals surface area contributed by atoms with Crippen molar-refractivity contribution in [2.75, 3.05) is 20.2 Å². The highest BCUT2D eigenvalue weighted by Crippen LogP contribution is 2.41. The van der Waals surface area contributed by atoms with Crippen molar-refractivity contribution in [1.29, 1.82) is 0 Å². The third kappa shape index (κ3) is 2.46. The van der Waals surface area contributed by atoms with Gasteiger partial charge in [-0.2, -0.15) is 0 Å². The average molecular weight is 255 g/mol. The van der Waals surface area contributed by atoms with Gasteiger partial charge in [0.2, 0.25) is 0 Å². The molecule has 0 aliphatic carbocycles. The number of aliphatic hydroxyl groups is 1. The Morgan fingerprint density at radius 1 is 1.56 bits per heavy atom. The quantitative estimate of drug-likeness (QED) is 0.772. The standard InChI is InChI=1S/C14H25NO3/c1-10(2)6-11-4-5-18-14(17)12(7-11)8-15(3)13(14)9-16/h9-13,17H,4-8H2,1-3H3/t11-,12-,13+,14+/m0/s1.